The molecule has 1 aromatic rings. The summed E-state index contributed by atoms with van der Waals surface area (Å²) in [4.78, 5) is 25.0. The van der Waals surface area contributed by atoms with Gasteiger partial charge >= 0.3 is 5.69 Å². The molecule has 0 saturated heterocycles. The molecule has 0 aliphatic heterocycles. The lowest BCUT2D eigenvalue weighted by Gasteiger charge is -2.47. The summed E-state index contributed by atoms with van der Waals surface area (Å²) < 4.78 is 1.46. The number of H-pyrrole nitrogens is 1. The molecule has 0 radical (unpaired) electrons. The number of aliphatic hydroxyl groups is 2. The fourth-order valence-electron chi connectivity index (χ4n) is 2.99. The van der Waals surface area contributed by atoms with Gasteiger partial charge in [0.15, 0.2) is 0 Å². The molecule has 3 N–H and O–H groups in total. The highest BCUT2D eigenvalue weighted by atomic mass is 16.3. The first kappa shape index (κ1) is 14.0. The van der Waals surface area contributed by atoms with Crippen LogP contribution in [0.2, 0.25) is 0 Å². The number of aliphatic hydroxyl groups excluding tert-OH is 2. The lowest BCUT2D eigenvalue weighted by Crippen LogP contribution is -2.50. The van der Waals surface area contributed by atoms with Crippen molar-refractivity contribution < 1.29 is 10.2 Å². The highest BCUT2D eigenvalue weighted by Crippen LogP contribution is 2.45. The van der Waals surface area contributed by atoms with Crippen LogP contribution in [0.3, 0.4) is 0 Å². The second-order valence-corrected chi connectivity index (χ2v) is 5.20. The monoisotopic (exact) mass is 268 g/mol. The van der Waals surface area contributed by atoms with E-state index >= 15 is 0 Å². The third kappa shape index (κ3) is 2.64. The van der Waals surface area contributed by atoms with E-state index in [1.807, 2.05) is 6.92 Å². The van der Waals surface area contributed by atoms with Gasteiger partial charge in [-0.1, -0.05) is 13.3 Å². The van der Waals surface area contributed by atoms with Gasteiger partial charge in [-0.2, -0.15) is 0 Å². The topological polar surface area (TPSA) is 95.3 Å². The molecule has 19 heavy (non-hydrogen) atoms. The number of nitrogens with one attached hydrogen (secondary N) is 1. The molecular formula is C13H20N2O4. The SMILES string of the molecule is CCCC(O)C1C(CO)CC1n1ccc(=O)[nH]c1=O. The molecule has 6 heteroatoms. The second kappa shape index (κ2) is 5.71. The van der Waals surface area contributed by atoms with Gasteiger partial charge in [0.1, 0.15) is 0 Å². The summed E-state index contributed by atoms with van der Waals surface area (Å²) in [5.41, 5.74) is -0.882. The fraction of sp³-hybridized carbons (Fsp3) is 0.692. The Balaban J connectivity index is 2.24. The van der Waals surface area contributed by atoms with Crippen molar-refractivity contribution in [2.24, 2.45) is 11.8 Å². The summed E-state index contributed by atoms with van der Waals surface area (Å²) in [5, 5.41) is 19.4. The fourth-order valence-corrected chi connectivity index (χ4v) is 2.99. The van der Waals surface area contributed by atoms with E-state index < -0.39 is 17.4 Å². The van der Waals surface area contributed by atoms with E-state index in [9.17, 15) is 19.8 Å². The second-order valence-electron chi connectivity index (χ2n) is 5.20. The third-order valence-corrected chi connectivity index (χ3v) is 4.00. The Morgan fingerprint density at radius 1 is 1.53 bits per heavy atom. The Morgan fingerprint density at radius 2 is 2.26 bits per heavy atom. The standard InChI is InChI=1S/C13H20N2O4/c1-2-3-10(17)12-8(7-16)6-9(12)15-5-4-11(18)14-13(15)19/h4-5,8-10,12,16-17H,2-3,6-7H2,1H3,(H,14,18,19). The van der Waals surface area contributed by atoms with Gasteiger partial charge in [-0.25, -0.2) is 4.79 Å². The molecule has 1 aliphatic rings. The van der Waals surface area contributed by atoms with E-state index in [0.717, 1.165) is 6.42 Å². The molecule has 1 fully saturated rings. The summed E-state index contributed by atoms with van der Waals surface area (Å²) in [5.74, 6) is -0.112. The number of rotatable bonds is 5. The van der Waals surface area contributed by atoms with Crippen LogP contribution in [0.1, 0.15) is 32.2 Å². The minimum absolute atomic E-state index is 0.0139. The van der Waals surface area contributed by atoms with Crippen molar-refractivity contribution >= 4 is 0 Å². The van der Waals surface area contributed by atoms with Gasteiger partial charge in [-0.3, -0.25) is 14.3 Å². The van der Waals surface area contributed by atoms with Crippen molar-refractivity contribution in [2.75, 3.05) is 6.61 Å². The van der Waals surface area contributed by atoms with Gasteiger partial charge in [0.25, 0.3) is 5.56 Å². The van der Waals surface area contributed by atoms with Gasteiger partial charge in [-0.15, -0.1) is 0 Å². The van der Waals surface area contributed by atoms with Gasteiger partial charge in [0.05, 0.1) is 6.10 Å². The molecule has 6 nitrogen and oxygen atoms in total. The van der Waals surface area contributed by atoms with Crippen LogP contribution in [-0.2, 0) is 0 Å². The lowest BCUT2D eigenvalue weighted by molar-refractivity contribution is -0.0600. The predicted octanol–water partition coefficient (Wildman–Crippen LogP) is -0.133. The summed E-state index contributed by atoms with van der Waals surface area (Å²) >= 11 is 0. The number of aromatic amines is 1. The Hall–Kier alpha value is -1.40. The number of hydrogen-bond acceptors (Lipinski definition) is 4. The van der Waals surface area contributed by atoms with Crippen LogP contribution < -0.4 is 11.2 Å². The zero-order valence-electron chi connectivity index (χ0n) is 11.0. The minimum atomic E-state index is -0.528. The maximum absolute atomic E-state index is 11.8. The Morgan fingerprint density at radius 3 is 2.84 bits per heavy atom. The normalized spacial score (nSPS) is 27.8. The zero-order valence-corrected chi connectivity index (χ0v) is 11.0. The molecule has 1 aromatic heterocycles. The van der Waals surface area contributed by atoms with Crippen LogP contribution in [0.25, 0.3) is 0 Å². The van der Waals surface area contributed by atoms with Crippen molar-refractivity contribution in [2.45, 2.75) is 38.3 Å². The van der Waals surface area contributed by atoms with Crippen molar-refractivity contribution in [1.82, 2.24) is 9.55 Å². The molecule has 0 aromatic carbocycles. The largest absolute Gasteiger partial charge is 0.396 e. The van der Waals surface area contributed by atoms with Crippen LogP contribution in [0, 0.1) is 11.8 Å². The molecule has 0 bridgehead atoms. The molecule has 2 rings (SSSR count). The van der Waals surface area contributed by atoms with E-state index in [4.69, 9.17) is 0 Å². The Labute approximate surface area is 110 Å². The maximum atomic E-state index is 11.8. The van der Waals surface area contributed by atoms with E-state index in [-0.39, 0.29) is 24.5 Å². The van der Waals surface area contributed by atoms with Crippen LogP contribution in [-0.4, -0.2) is 32.5 Å². The van der Waals surface area contributed by atoms with E-state index in [1.54, 1.807) is 0 Å². The van der Waals surface area contributed by atoms with Gasteiger partial charge in [-0.05, 0) is 18.8 Å². The van der Waals surface area contributed by atoms with Crippen LogP contribution in [0.15, 0.2) is 21.9 Å². The minimum Gasteiger partial charge on any atom is -0.396 e. The van der Waals surface area contributed by atoms with Crippen molar-refractivity contribution in [3.05, 3.63) is 33.1 Å². The molecule has 0 spiro atoms. The number of aromatic nitrogens is 2. The Bertz CT molecular complexity index is 536. The van der Waals surface area contributed by atoms with Crippen LogP contribution >= 0.6 is 0 Å². The van der Waals surface area contributed by atoms with Crippen LogP contribution in [0.4, 0.5) is 0 Å². The molecule has 1 heterocycles. The third-order valence-electron chi connectivity index (χ3n) is 4.00. The van der Waals surface area contributed by atoms with E-state index in [0.29, 0.717) is 12.8 Å². The van der Waals surface area contributed by atoms with Crippen molar-refractivity contribution in [3.63, 3.8) is 0 Å². The first-order chi connectivity index (χ1) is 9.08. The van der Waals surface area contributed by atoms with E-state index in [1.165, 1.54) is 16.8 Å². The summed E-state index contributed by atoms with van der Waals surface area (Å²) in [6.07, 6.45) is 3.08. The summed E-state index contributed by atoms with van der Waals surface area (Å²) in [6.45, 7) is 2.00. The molecule has 1 saturated carbocycles. The van der Waals surface area contributed by atoms with Crippen molar-refractivity contribution in [3.8, 4) is 0 Å². The Kier molecular flexibility index (Phi) is 4.21. The molecule has 4 unspecified atom stereocenters. The molecule has 1 aliphatic carbocycles. The average Bonchev–Trinajstić information content (AvgIpc) is 2.31. The van der Waals surface area contributed by atoms with Crippen molar-refractivity contribution in [1.29, 1.82) is 0 Å². The first-order valence-electron chi connectivity index (χ1n) is 6.68. The van der Waals surface area contributed by atoms with Gasteiger partial charge < -0.3 is 10.2 Å². The highest BCUT2D eigenvalue weighted by molar-refractivity contribution is 4.99. The first-order valence-corrected chi connectivity index (χ1v) is 6.68. The number of nitrogens with zero attached hydrogens (tertiary/aromatic N) is 1. The molecule has 0 amide bonds. The highest BCUT2D eigenvalue weighted by Gasteiger charge is 2.45. The number of hydrogen-bond donors (Lipinski definition) is 3. The smallest absolute Gasteiger partial charge is 0.328 e. The molecular weight excluding hydrogens is 248 g/mol. The quantitative estimate of drug-likeness (QED) is 0.693. The predicted molar refractivity (Wildman–Crippen MR) is 70.0 cm³/mol. The lowest BCUT2D eigenvalue weighted by atomic mass is 9.66. The summed E-state index contributed by atoms with van der Waals surface area (Å²) in [6, 6.07) is 1.15. The maximum Gasteiger partial charge on any atom is 0.328 e. The van der Waals surface area contributed by atoms with Crippen LogP contribution in [0.5, 0.6) is 0 Å². The molecule has 4 atom stereocenters. The summed E-state index contributed by atoms with van der Waals surface area (Å²) in [7, 11) is 0. The van der Waals surface area contributed by atoms with E-state index in [2.05, 4.69) is 4.98 Å². The van der Waals surface area contributed by atoms with Gasteiger partial charge in [0.2, 0.25) is 0 Å². The average molecular weight is 268 g/mol. The van der Waals surface area contributed by atoms with Gasteiger partial charge in [0, 0.05) is 30.8 Å². The molecule has 106 valence electrons. The zero-order chi connectivity index (χ0) is 14.0.